The van der Waals surface area contributed by atoms with Crippen molar-refractivity contribution in [2.75, 3.05) is 5.75 Å². The maximum atomic E-state index is 12.3. The number of carbonyl (C=O) groups excluding carboxylic acids is 1. The number of hydrogen-bond acceptors (Lipinski definition) is 5. The molecule has 0 saturated carbocycles. The molecule has 1 fully saturated rings. The Bertz CT molecular complexity index is 455. The fourth-order valence-corrected chi connectivity index (χ4v) is 3.90. The number of aromatic nitrogens is 1. The first-order valence-electron chi connectivity index (χ1n) is 4.95. The van der Waals surface area contributed by atoms with Crippen LogP contribution in [0.4, 0.5) is 0 Å². The minimum absolute atomic E-state index is 0.00519. The van der Waals surface area contributed by atoms with Gasteiger partial charge >= 0.3 is 0 Å². The molecule has 1 aromatic heterocycles. The summed E-state index contributed by atoms with van der Waals surface area (Å²) in [6.07, 6.45) is 0. The molecule has 3 nitrogen and oxygen atoms in total. The Morgan fingerprint density at radius 1 is 1.56 bits per heavy atom. The first-order valence-corrected chi connectivity index (χ1v) is 7.16. The van der Waals surface area contributed by atoms with Crippen molar-refractivity contribution in [1.82, 2.24) is 9.88 Å². The number of thiocarbonyl (C=S) groups is 1. The van der Waals surface area contributed by atoms with Crippen LogP contribution in [0.25, 0.3) is 0 Å². The summed E-state index contributed by atoms with van der Waals surface area (Å²) in [5.74, 6) is 0.895. The zero-order valence-electron chi connectivity index (χ0n) is 9.31. The van der Waals surface area contributed by atoms with Gasteiger partial charge in [-0.15, -0.1) is 11.3 Å². The topological polar surface area (TPSA) is 33.2 Å². The summed E-state index contributed by atoms with van der Waals surface area (Å²) in [6, 6.07) is 0.187. The van der Waals surface area contributed by atoms with Gasteiger partial charge in [-0.3, -0.25) is 9.69 Å². The molecule has 1 unspecified atom stereocenters. The van der Waals surface area contributed by atoms with Gasteiger partial charge in [-0.1, -0.05) is 24.0 Å². The Morgan fingerprint density at radius 3 is 2.69 bits per heavy atom. The number of thioether (sulfide) groups is 1. The lowest BCUT2D eigenvalue weighted by molar-refractivity contribution is 0.0835. The van der Waals surface area contributed by atoms with E-state index in [1.54, 1.807) is 16.7 Å². The van der Waals surface area contributed by atoms with E-state index < -0.39 is 0 Å². The molecule has 2 heterocycles. The largest absolute Gasteiger partial charge is 0.289 e. The van der Waals surface area contributed by atoms with Crippen LogP contribution in [0.1, 0.15) is 27.3 Å². The van der Waals surface area contributed by atoms with E-state index in [-0.39, 0.29) is 11.9 Å². The summed E-state index contributed by atoms with van der Waals surface area (Å²) in [5, 5.41) is 0.922. The van der Waals surface area contributed by atoms with Gasteiger partial charge in [0.15, 0.2) is 0 Å². The van der Waals surface area contributed by atoms with Crippen LogP contribution in [0.15, 0.2) is 0 Å². The molecular weight excluding hydrogens is 260 g/mol. The van der Waals surface area contributed by atoms with Gasteiger partial charge in [-0.05, 0) is 20.8 Å². The van der Waals surface area contributed by atoms with Crippen molar-refractivity contribution in [3.63, 3.8) is 0 Å². The molecule has 1 saturated heterocycles. The molecule has 6 heteroatoms. The second-order valence-electron chi connectivity index (χ2n) is 3.75. The van der Waals surface area contributed by atoms with Gasteiger partial charge in [0.2, 0.25) is 0 Å². The minimum Gasteiger partial charge on any atom is -0.289 e. The molecule has 0 N–H and O–H groups in total. The molecule has 0 spiro atoms. The number of carbonyl (C=O) groups is 1. The molecule has 16 heavy (non-hydrogen) atoms. The number of thiazole rings is 1. The predicted octanol–water partition coefficient (Wildman–Crippen LogP) is 2.62. The Morgan fingerprint density at radius 2 is 2.25 bits per heavy atom. The van der Waals surface area contributed by atoms with E-state index in [1.807, 2.05) is 20.8 Å². The van der Waals surface area contributed by atoms with Crippen LogP contribution < -0.4 is 0 Å². The average Bonchev–Trinajstić information content (AvgIpc) is 2.70. The summed E-state index contributed by atoms with van der Waals surface area (Å²) in [6.45, 7) is 5.80. The van der Waals surface area contributed by atoms with E-state index in [0.717, 1.165) is 16.5 Å². The summed E-state index contributed by atoms with van der Waals surface area (Å²) < 4.78 is 0.683. The van der Waals surface area contributed by atoms with Crippen molar-refractivity contribution >= 4 is 45.5 Å². The van der Waals surface area contributed by atoms with Crippen LogP contribution in [0.5, 0.6) is 0 Å². The van der Waals surface area contributed by atoms with Crippen molar-refractivity contribution in [1.29, 1.82) is 0 Å². The van der Waals surface area contributed by atoms with E-state index in [9.17, 15) is 4.79 Å². The molecular formula is C10H12N2OS3. The highest BCUT2D eigenvalue weighted by Crippen LogP contribution is 2.28. The molecule has 2 rings (SSSR count). The van der Waals surface area contributed by atoms with Gasteiger partial charge in [-0.2, -0.15) is 0 Å². The molecule has 1 atom stereocenters. The van der Waals surface area contributed by atoms with E-state index >= 15 is 0 Å². The maximum absolute atomic E-state index is 12.3. The SMILES string of the molecule is Cc1nc(C)c(C(=O)N2C(=S)SCC2C)s1. The van der Waals surface area contributed by atoms with Crippen LogP contribution in [-0.4, -0.2) is 31.9 Å². The Hall–Kier alpha value is -0.460. The zero-order valence-corrected chi connectivity index (χ0v) is 11.8. The second kappa shape index (κ2) is 4.43. The van der Waals surface area contributed by atoms with Gasteiger partial charge in [-0.25, -0.2) is 4.98 Å². The highest BCUT2D eigenvalue weighted by atomic mass is 32.2. The monoisotopic (exact) mass is 272 g/mol. The quantitative estimate of drug-likeness (QED) is 0.736. The standard InChI is InChI=1S/C10H12N2OS3/c1-5-4-15-10(14)12(5)9(13)8-6(2)11-7(3)16-8/h5H,4H2,1-3H3. The number of nitrogens with zero attached hydrogens (tertiary/aromatic N) is 2. The lowest BCUT2D eigenvalue weighted by atomic mass is 10.3. The van der Waals surface area contributed by atoms with Gasteiger partial charge < -0.3 is 0 Å². The van der Waals surface area contributed by atoms with Crippen LogP contribution in [0, 0.1) is 13.8 Å². The van der Waals surface area contributed by atoms with Crippen LogP contribution in [0.2, 0.25) is 0 Å². The fraction of sp³-hybridized carbons (Fsp3) is 0.500. The van der Waals surface area contributed by atoms with Crippen LogP contribution in [-0.2, 0) is 0 Å². The third-order valence-electron chi connectivity index (χ3n) is 2.40. The Balaban J connectivity index is 2.32. The lowest BCUT2D eigenvalue weighted by Crippen LogP contribution is -2.36. The van der Waals surface area contributed by atoms with Gasteiger partial charge in [0, 0.05) is 11.8 Å². The zero-order chi connectivity index (χ0) is 11.9. The summed E-state index contributed by atoms with van der Waals surface area (Å²) >= 11 is 8.21. The van der Waals surface area contributed by atoms with E-state index in [1.165, 1.54) is 11.3 Å². The molecule has 0 aliphatic carbocycles. The number of hydrogen-bond donors (Lipinski definition) is 0. The first kappa shape index (κ1) is 12.0. The first-order chi connectivity index (χ1) is 7.50. The second-order valence-corrected chi connectivity index (χ2v) is 6.61. The fourth-order valence-electron chi connectivity index (χ4n) is 1.64. The van der Waals surface area contributed by atoms with Gasteiger partial charge in [0.1, 0.15) is 9.20 Å². The lowest BCUT2D eigenvalue weighted by Gasteiger charge is -2.19. The number of aryl methyl sites for hydroxylation is 2. The predicted molar refractivity (Wildman–Crippen MR) is 72.3 cm³/mol. The molecule has 86 valence electrons. The Labute approximate surface area is 108 Å². The average molecular weight is 272 g/mol. The smallest absolute Gasteiger partial charge is 0.271 e. The third-order valence-corrected chi connectivity index (χ3v) is 5.11. The molecule has 1 amide bonds. The number of amides is 1. The normalized spacial score (nSPS) is 20.6. The van der Waals surface area contributed by atoms with Crippen molar-refractivity contribution in [3.8, 4) is 0 Å². The summed E-state index contributed by atoms with van der Waals surface area (Å²) in [4.78, 5) is 19.0. The third kappa shape index (κ3) is 2.01. The maximum Gasteiger partial charge on any atom is 0.271 e. The van der Waals surface area contributed by atoms with Crippen molar-refractivity contribution < 1.29 is 4.79 Å². The van der Waals surface area contributed by atoms with Crippen LogP contribution >= 0.6 is 35.3 Å². The Kier molecular flexibility index (Phi) is 3.32. The highest BCUT2D eigenvalue weighted by Gasteiger charge is 2.33. The highest BCUT2D eigenvalue weighted by molar-refractivity contribution is 8.23. The van der Waals surface area contributed by atoms with Crippen molar-refractivity contribution in [2.24, 2.45) is 0 Å². The summed E-state index contributed by atoms with van der Waals surface area (Å²) in [5.41, 5.74) is 0.805. The van der Waals surface area contributed by atoms with Gasteiger partial charge in [0.25, 0.3) is 5.91 Å². The minimum atomic E-state index is 0.00519. The molecule has 0 bridgehead atoms. The van der Waals surface area contributed by atoms with Crippen molar-refractivity contribution in [3.05, 3.63) is 15.6 Å². The number of rotatable bonds is 1. The van der Waals surface area contributed by atoms with E-state index in [4.69, 9.17) is 12.2 Å². The molecule has 1 aromatic rings. The van der Waals surface area contributed by atoms with E-state index in [2.05, 4.69) is 4.98 Å². The van der Waals surface area contributed by atoms with E-state index in [0.29, 0.717) is 9.20 Å². The molecule has 0 aromatic carbocycles. The van der Waals surface area contributed by atoms with Crippen molar-refractivity contribution in [2.45, 2.75) is 26.8 Å². The van der Waals surface area contributed by atoms with Crippen LogP contribution in [0.3, 0.4) is 0 Å². The molecule has 1 aliphatic heterocycles. The molecule has 1 aliphatic rings. The molecule has 0 radical (unpaired) electrons. The van der Waals surface area contributed by atoms with Gasteiger partial charge in [0.05, 0.1) is 10.7 Å². The summed E-state index contributed by atoms with van der Waals surface area (Å²) in [7, 11) is 0.